The minimum absolute atomic E-state index is 0.0259. The Morgan fingerprint density at radius 2 is 2.47 bits per heavy atom. The quantitative estimate of drug-likeness (QED) is 0.822. The molecule has 0 saturated carbocycles. The first-order valence-electron chi connectivity index (χ1n) is 6.83. The summed E-state index contributed by atoms with van der Waals surface area (Å²) in [5, 5.41) is 6.29. The number of amides is 1. The Balaban J connectivity index is 1.57. The van der Waals surface area contributed by atoms with Crippen LogP contribution in [0, 0.1) is 11.8 Å². The van der Waals surface area contributed by atoms with Gasteiger partial charge in [-0.1, -0.05) is 6.07 Å². The molecule has 3 atom stereocenters. The second-order valence-corrected chi connectivity index (χ2v) is 5.21. The molecule has 0 radical (unpaired) electrons. The van der Waals surface area contributed by atoms with Crippen LogP contribution in [0.3, 0.4) is 0 Å². The first kappa shape index (κ1) is 12.6. The Labute approximate surface area is 112 Å². The minimum Gasteiger partial charge on any atom is -0.377 e. The molecule has 0 bridgehead atoms. The highest BCUT2D eigenvalue weighted by atomic mass is 16.5. The lowest BCUT2D eigenvalue weighted by molar-refractivity contribution is -0.128. The van der Waals surface area contributed by atoms with Gasteiger partial charge in [0.15, 0.2) is 0 Å². The van der Waals surface area contributed by atoms with Crippen molar-refractivity contribution in [1.82, 2.24) is 15.6 Å². The molecule has 0 spiro atoms. The van der Waals surface area contributed by atoms with E-state index in [1.54, 1.807) is 12.4 Å². The zero-order chi connectivity index (χ0) is 13.1. The summed E-state index contributed by atoms with van der Waals surface area (Å²) in [7, 11) is 0. The molecule has 2 aliphatic rings. The van der Waals surface area contributed by atoms with Crippen molar-refractivity contribution in [1.29, 1.82) is 0 Å². The topological polar surface area (TPSA) is 63.2 Å². The van der Waals surface area contributed by atoms with Gasteiger partial charge in [-0.25, -0.2) is 0 Å². The lowest BCUT2D eigenvalue weighted by Gasteiger charge is -2.32. The molecule has 0 aromatic carbocycles. The van der Waals surface area contributed by atoms with Crippen LogP contribution < -0.4 is 10.6 Å². The van der Waals surface area contributed by atoms with Gasteiger partial charge < -0.3 is 15.4 Å². The molecule has 5 nitrogen and oxygen atoms in total. The molecule has 1 aromatic rings. The van der Waals surface area contributed by atoms with E-state index >= 15 is 0 Å². The van der Waals surface area contributed by atoms with Crippen molar-refractivity contribution in [3.05, 3.63) is 30.1 Å². The fraction of sp³-hybridized carbons (Fsp3) is 0.571. The molecular weight excluding hydrogens is 242 g/mol. The molecule has 2 N–H and O–H groups in total. The van der Waals surface area contributed by atoms with Gasteiger partial charge in [-0.3, -0.25) is 9.78 Å². The SMILES string of the molecule is O=C(NCc1cccnc1)[C@@H]1CNC[C@H]2OCC[C@H]21. The van der Waals surface area contributed by atoms with Gasteiger partial charge in [-0.2, -0.15) is 0 Å². The van der Waals surface area contributed by atoms with Crippen LogP contribution in [0.25, 0.3) is 0 Å². The number of carbonyl (C=O) groups excluding carboxylic acids is 1. The number of hydrogen-bond acceptors (Lipinski definition) is 4. The summed E-state index contributed by atoms with van der Waals surface area (Å²) in [5.41, 5.74) is 1.03. The van der Waals surface area contributed by atoms with Gasteiger partial charge in [0.1, 0.15) is 0 Å². The van der Waals surface area contributed by atoms with Gasteiger partial charge in [0.2, 0.25) is 5.91 Å². The number of nitrogens with zero attached hydrogens (tertiary/aromatic N) is 1. The van der Waals surface area contributed by atoms with Crippen LogP contribution in [0.2, 0.25) is 0 Å². The molecule has 2 aliphatic heterocycles. The van der Waals surface area contributed by atoms with Gasteiger partial charge in [0.25, 0.3) is 0 Å². The molecule has 3 heterocycles. The molecule has 19 heavy (non-hydrogen) atoms. The molecule has 2 fully saturated rings. The zero-order valence-corrected chi connectivity index (χ0v) is 10.8. The fourth-order valence-corrected chi connectivity index (χ4v) is 2.98. The van der Waals surface area contributed by atoms with E-state index in [9.17, 15) is 4.79 Å². The highest BCUT2D eigenvalue weighted by Crippen LogP contribution is 2.30. The average molecular weight is 261 g/mol. The van der Waals surface area contributed by atoms with Gasteiger partial charge in [-0.05, 0) is 18.1 Å². The Kier molecular flexibility index (Phi) is 3.75. The predicted molar refractivity (Wildman–Crippen MR) is 70.3 cm³/mol. The summed E-state index contributed by atoms with van der Waals surface area (Å²) < 4.78 is 5.65. The highest BCUT2D eigenvalue weighted by molar-refractivity contribution is 5.79. The lowest BCUT2D eigenvalue weighted by atomic mass is 9.83. The number of carbonyl (C=O) groups is 1. The third kappa shape index (κ3) is 2.77. The second-order valence-electron chi connectivity index (χ2n) is 5.21. The maximum absolute atomic E-state index is 12.3. The number of hydrogen-bond donors (Lipinski definition) is 2. The zero-order valence-electron chi connectivity index (χ0n) is 10.8. The molecular formula is C14H19N3O2. The molecule has 3 rings (SSSR count). The monoisotopic (exact) mass is 261 g/mol. The van der Waals surface area contributed by atoms with E-state index < -0.39 is 0 Å². The van der Waals surface area contributed by atoms with Crippen molar-refractivity contribution in [2.75, 3.05) is 19.7 Å². The third-order valence-electron chi connectivity index (χ3n) is 4.01. The molecule has 5 heteroatoms. The van der Waals surface area contributed by atoms with E-state index in [4.69, 9.17) is 4.74 Å². The fourth-order valence-electron chi connectivity index (χ4n) is 2.98. The Morgan fingerprint density at radius 1 is 1.53 bits per heavy atom. The summed E-state index contributed by atoms with van der Waals surface area (Å²) >= 11 is 0. The van der Waals surface area contributed by atoms with E-state index in [1.807, 2.05) is 12.1 Å². The largest absolute Gasteiger partial charge is 0.377 e. The van der Waals surface area contributed by atoms with Crippen molar-refractivity contribution < 1.29 is 9.53 Å². The van der Waals surface area contributed by atoms with Crippen LogP contribution in [-0.2, 0) is 16.1 Å². The van der Waals surface area contributed by atoms with Gasteiger partial charge in [0.05, 0.1) is 12.0 Å². The lowest BCUT2D eigenvalue weighted by Crippen LogP contribution is -2.50. The second kappa shape index (κ2) is 5.67. The maximum atomic E-state index is 12.3. The summed E-state index contributed by atoms with van der Waals surface area (Å²) in [5.74, 6) is 0.518. The van der Waals surface area contributed by atoms with Crippen molar-refractivity contribution in [2.24, 2.45) is 11.8 Å². The normalized spacial score (nSPS) is 29.8. The Hall–Kier alpha value is -1.46. The molecule has 102 valence electrons. The van der Waals surface area contributed by atoms with E-state index in [0.717, 1.165) is 31.7 Å². The number of aromatic nitrogens is 1. The summed E-state index contributed by atoms with van der Waals surface area (Å²) in [6.45, 7) is 2.95. The smallest absolute Gasteiger partial charge is 0.225 e. The maximum Gasteiger partial charge on any atom is 0.225 e. The summed E-state index contributed by atoms with van der Waals surface area (Å²) in [6, 6.07) is 3.85. The van der Waals surface area contributed by atoms with Crippen LogP contribution in [0.15, 0.2) is 24.5 Å². The number of fused-ring (bicyclic) bond motifs is 1. The van der Waals surface area contributed by atoms with Crippen molar-refractivity contribution in [3.8, 4) is 0 Å². The number of pyridine rings is 1. The van der Waals surface area contributed by atoms with Crippen molar-refractivity contribution >= 4 is 5.91 Å². The molecule has 1 amide bonds. The van der Waals surface area contributed by atoms with Gasteiger partial charge in [-0.15, -0.1) is 0 Å². The molecule has 0 unspecified atom stereocenters. The molecule has 2 saturated heterocycles. The van der Waals surface area contributed by atoms with Gasteiger partial charge >= 0.3 is 0 Å². The molecule has 1 aromatic heterocycles. The Bertz CT molecular complexity index is 438. The molecule has 0 aliphatic carbocycles. The predicted octanol–water partition coefficient (Wildman–Crippen LogP) is 0.322. The standard InChI is InChI=1S/C14H19N3O2/c18-14(17-7-10-2-1-4-15-6-10)12-8-16-9-13-11(12)3-5-19-13/h1-2,4,6,11-13,16H,3,5,7-9H2,(H,17,18)/t11-,12+,13+/m0/s1. The first-order valence-corrected chi connectivity index (χ1v) is 6.83. The third-order valence-corrected chi connectivity index (χ3v) is 4.01. The number of piperidine rings is 1. The van der Waals surface area contributed by atoms with Crippen LogP contribution in [0.1, 0.15) is 12.0 Å². The van der Waals surface area contributed by atoms with E-state index in [1.165, 1.54) is 0 Å². The summed E-state index contributed by atoms with van der Waals surface area (Å²) in [6.07, 6.45) is 4.72. The van der Waals surface area contributed by atoms with Crippen molar-refractivity contribution in [3.63, 3.8) is 0 Å². The first-order chi connectivity index (χ1) is 9.34. The van der Waals surface area contributed by atoms with E-state index in [2.05, 4.69) is 15.6 Å². The van der Waals surface area contributed by atoms with Crippen molar-refractivity contribution in [2.45, 2.75) is 19.1 Å². The van der Waals surface area contributed by atoms with E-state index in [-0.39, 0.29) is 17.9 Å². The number of rotatable bonds is 3. The van der Waals surface area contributed by atoms with Crippen LogP contribution >= 0.6 is 0 Å². The summed E-state index contributed by atoms with van der Waals surface area (Å²) in [4.78, 5) is 16.3. The van der Waals surface area contributed by atoms with Crippen LogP contribution in [0.5, 0.6) is 0 Å². The van der Waals surface area contributed by atoms with Gasteiger partial charge in [0, 0.05) is 44.6 Å². The highest BCUT2D eigenvalue weighted by Gasteiger charge is 2.40. The van der Waals surface area contributed by atoms with Crippen LogP contribution in [0.4, 0.5) is 0 Å². The Morgan fingerprint density at radius 3 is 3.32 bits per heavy atom. The minimum atomic E-state index is 0.0259. The number of ether oxygens (including phenoxy) is 1. The van der Waals surface area contributed by atoms with Crippen LogP contribution in [-0.4, -0.2) is 36.7 Å². The van der Waals surface area contributed by atoms with E-state index in [0.29, 0.717) is 12.5 Å². The number of nitrogens with one attached hydrogen (secondary N) is 2. The average Bonchev–Trinajstić information content (AvgIpc) is 2.94.